The van der Waals surface area contributed by atoms with Crippen molar-refractivity contribution in [1.82, 2.24) is 24.4 Å². The van der Waals surface area contributed by atoms with Gasteiger partial charge in [-0.3, -0.25) is 9.69 Å². The number of hydrogen-bond acceptors (Lipinski definition) is 6. The SMILES string of the molecule is Cc1cccc(-c2nn3c(=O)cc(CN4CCN(C(=O)Nc5ccc(Cl)cc5)CC4)nc3s2)c1. The molecule has 0 atom stereocenters. The average molecular weight is 495 g/mol. The quantitative estimate of drug-likeness (QED) is 0.461. The Morgan fingerprint density at radius 2 is 1.85 bits per heavy atom. The van der Waals surface area contributed by atoms with Gasteiger partial charge in [-0.25, -0.2) is 9.78 Å². The molecule has 1 N–H and O–H groups in total. The van der Waals surface area contributed by atoms with Crippen LogP contribution in [0.2, 0.25) is 5.02 Å². The van der Waals surface area contributed by atoms with Crippen molar-refractivity contribution in [3.05, 3.63) is 81.2 Å². The second kappa shape index (κ2) is 9.54. The van der Waals surface area contributed by atoms with E-state index in [9.17, 15) is 9.59 Å². The molecule has 1 fully saturated rings. The van der Waals surface area contributed by atoms with Crippen LogP contribution in [0.5, 0.6) is 0 Å². The highest BCUT2D eigenvalue weighted by molar-refractivity contribution is 7.19. The number of nitrogens with one attached hydrogen (secondary N) is 1. The van der Waals surface area contributed by atoms with Gasteiger partial charge in [0.1, 0.15) is 5.01 Å². The first-order chi connectivity index (χ1) is 16.4. The predicted octanol–water partition coefficient (Wildman–Crippen LogP) is 4.13. The van der Waals surface area contributed by atoms with Crippen molar-refractivity contribution >= 4 is 39.6 Å². The zero-order chi connectivity index (χ0) is 23.7. The number of benzene rings is 2. The third kappa shape index (κ3) is 4.96. The number of aromatic nitrogens is 3. The Hall–Kier alpha value is -3.27. The number of carbonyl (C=O) groups is 1. The van der Waals surface area contributed by atoms with Gasteiger partial charge in [-0.15, -0.1) is 0 Å². The highest BCUT2D eigenvalue weighted by Gasteiger charge is 2.22. The average Bonchev–Trinajstić information content (AvgIpc) is 3.26. The standard InChI is InChI=1S/C24H23ClN6O2S/c1-16-3-2-4-17(13-16)22-28-31-21(32)14-20(27-24(31)34-22)15-29-9-11-30(12-10-29)23(33)26-19-7-5-18(25)6-8-19/h2-8,13-14H,9-12,15H2,1H3,(H,26,33). The van der Waals surface area contributed by atoms with E-state index in [-0.39, 0.29) is 11.6 Å². The smallest absolute Gasteiger partial charge is 0.321 e. The van der Waals surface area contributed by atoms with Crippen LogP contribution in [0.3, 0.4) is 0 Å². The molecular weight excluding hydrogens is 472 g/mol. The van der Waals surface area contributed by atoms with Gasteiger partial charge in [-0.1, -0.05) is 46.7 Å². The molecule has 1 aliphatic heterocycles. The first kappa shape index (κ1) is 22.5. The van der Waals surface area contributed by atoms with Crippen molar-refractivity contribution in [2.75, 3.05) is 31.5 Å². The van der Waals surface area contributed by atoms with E-state index in [1.807, 2.05) is 31.2 Å². The van der Waals surface area contributed by atoms with Crippen LogP contribution in [-0.4, -0.2) is 56.6 Å². The molecule has 2 aromatic heterocycles. The molecule has 5 rings (SSSR count). The van der Waals surface area contributed by atoms with Gasteiger partial charge in [-0.2, -0.15) is 9.61 Å². The zero-order valence-electron chi connectivity index (χ0n) is 18.6. The largest absolute Gasteiger partial charge is 0.322 e. The van der Waals surface area contributed by atoms with Crippen LogP contribution in [0, 0.1) is 6.92 Å². The van der Waals surface area contributed by atoms with Crippen molar-refractivity contribution in [3.8, 4) is 10.6 Å². The maximum absolute atomic E-state index is 12.7. The van der Waals surface area contributed by atoms with Gasteiger partial charge >= 0.3 is 6.03 Å². The van der Waals surface area contributed by atoms with Crippen LogP contribution in [0.15, 0.2) is 59.4 Å². The predicted molar refractivity (Wildman–Crippen MR) is 135 cm³/mol. The highest BCUT2D eigenvalue weighted by atomic mass is 35.5. The Balaban J connectivity index is 1.23. The number of aryl methyl sites for hydroxylation is 1. The fourth-order valence-electron chi connectivity index (χ4n) is 3.91. The molecule has 2 aromatic carbocycles. The van der Waals surface area contributed by atoms with Crippen LogP contribution >= 0.6 is 22.9 Å². The molecule has 34 heavy (non-hydrogen) atoms. The van der Waals surface area contributed by atoms with E-state index in [1.54, 1.807) is 35.2 Å². The van der Waals surface area contributed by atoms with Gasteiger partial charge in [0.15, 0.2) is 0 Å². The van der Waals surface area contributed by atoms with Crippen molar-refractivity contribution in [3.63, 3.8) is 0 Å². The monoisotopic (exact) mass is 494 g/mol. The van der Waals surface area contributed by atoms with E-state index in [0.717, 1.165) is 16.1 Å². The Morgan fingerprint density at radius 3 is 2.59 bits per heavy atom. The van der Waals surface area contributed by atoms with Crippen molar-refractivity contribution in [2.45, 2.75) is 13.5 Å². The van der Waals surface area contributed by atoms with Crippen LogP contribution < -0.4 is 10.9 Å². The molecular formula is C24H23ClN6O2S. The van der Waals surface area contributed by atoms with Gasteiger partial charge in [0.2, 0.25) is 4.96 Å². The number of hydrogen-bond donors (Lipinski definition) is 1. The van der Waals surface area contributed by atoms with Gasteiger partial charge < -0.3 is 10.2 Å². The summed E-state index contributed by atoms with van der Waals surface area (Å²) in [5.41, 5.74) is 3.35. The van der Waals surface area contributed by atoms with Crippen LogP contribution in [0.1, 0.15) is 11.3 Å². The Labute approximate surface area is 205 Å². The van der Waals surface area contributed by atoms with E-state index in [1.165, 1.54) is 15.9 Å². The molecule has 0 bridgehead atoms. The molecule has 0 spiro atoms. The molecule has 10 heteroatoms. The third-order valence-electron chi connectivity index (χ3n) is 5.70. The van der Waals surface area contributed by atoms with E-state index in [0.29, 0.717) is 54.1 Å². The lowest BCUT2D eigenvalue weighted by Gasteiger charge is -2.34. The second-order valence-corrected chi connectivity index (χ2v) is 9.65. The molecule has 0 unspecified atom stereocenters. The number of nitrogens with zero attached hydrogens (tertiary/aromatic N) is 5. The van der Waals surface area contributed by atoms with E-state index in [4.69, 9.17) is 11.6 Å². The summed E-state index contributed by atoms with van der Waals surface area (Å²) in [5.74, 6) is 0. The number of urea groups is 1. The number of rotatable bonds is 4. The normalized spacial score (nSPS) is 14.5. The summed E-state index contributed by atoms with van der Waals surface area (Å²) in [6.07, 6.45) is 0. The summed E-state index contributed by atoms with van der Waals surface area (Å²) in [4.78, 5) is 34.5. The van der Waals surface area contributed by atoms with Gasteiger partial charge in [0.05, 0.1) is 5.69 Å². The fraction of sp³-hybridized carbons (Fsp3) is 0.250. The minimum atomic E-state index is -0.184. The Morgan fingerprint density at radius 1 is 1.09 bits per heavy atom. The lowest BCUT2D eigenvalue weighted by Crippen LogP contribution is -2.49. The fourth-order valence-corrected chi connectivity index (χ4v) is 4.95. The van der Waals surface area contributed by atoms with Crippen LogP contribution in [-0.2, 0) is 6.54 Å². The maximum atomic E-state index is 12.7. The number of carbonyl (C=O) groups excluding carboxylic acids is 1. The molecule has 8 nitrogen and oxygen atoms in total. The number of halogens is 1. The molecule has 1 saturated heterocycles. The number of fused-ring (bicyclic) bond motifs is 1. The van der Waals surface area contributed by atoms with Crippen molar-refractivity contribution < 1.29 is 4.79 Å². The summed E-state index contributed by atoms with van der Waals surface area (Å²) in [5, 5.41) is 8.76. The number of piperazine rings is 1. The Kier molecular flexibility index (Phi) is 6.32. The molecule has 3 heterocycles. The molecule has 1 aliphatic rings. The summed E-state index contributed by atoms with van der Waals surface area (Å²) in [6.45, 7) is 5.17. The molecule has 0 aliphatic carbocycles. The van der Waals surface area contributed by atoms with E-state index >= 15 is 0 Å². The first-order valence-electron chi connectivity index (χ1n) is 11.0. The maximum Gasteiger partial charge on any atom is 0.321 e. The summed E-state index contributed by atoms with van der Waals surface area (Å²) in [6, 6.07) is 16.5. The summed E-state index contributed by atoms with van der Waals surface area (Å²) < 4.78 is 1.37. The summed E-state index contributed by atoms with van der Waals surface area (Å²) >= 11 is 7.31. The lowest BCUT2D eigenvalue weighted by molar-refractivity contribution is 0.142. The third-order valence-corrected chi connectivity index (χ3v) is 6.91. The first-order valence-corrected chi connectivity index (χ1v) is 12.1. The van der Waals surface area contributed by atoms with E-state index in [2.05, 4.69) is 20.3 Å². The van der Waals surface area contributed by atoms with Gasteiger partial charge in [-0.05, 0) is 37.3 Å². The van der Waals surface area contributed by atoms with Crippen molar-refractivity contribution in [1.29, 1.82) is 0 Å². The van der Waals surface area contributed by atoms with Crippen LogP contribution in [0.4, 0.5) is 10.5 Å². The number of amides is 2. The summed E-state index contributed by atoms with van der Waals surface area (Å²) in [7, 11) is 0. The minimum absolute atomic E-state index is 0.131. The van der Waals surface area contributed by atoms with E-state index < -0.39 is 0 Å². The number of anilines is 1. The van der Waals surface area contributed by atoms with Gasteiger partial charge in [0, 0.05) is 55.1 Å². The Bertz CT molecular complexity index is 1390. The second-order valence-electron chi connectivity index (χ2n) is 8.26. The molecule has 0 saturated carbocycles. The molecule has 4 aromatic rings. The molecule has 0 radical (unpaired) electrons. The highest BCUT2D eigenvalue weighted by Crippen LogP contribution is 2.25. The van der Waals surface area contributed by atoms with Crippen LogP contribution in [0.25, 0.3) is 15.5 Å². The lowest BCUT2D eigenvalue weighted by atomic mass is 10.1. The molecule has 174 valence electrons. The molecule has 2 amide bonds. The minimum Gasteiger partial charge on any atom is -0.322 e. The zero-order valence-corrected chi connectivity index (χ0v) is 20.1. The topological polar surface area (TPSA) is 82.8 Å². The van der Waals surface area contributed by atoms with Crippen molar-refractivity contribution in [2.24, 2.45) is 0 Å². The van der Waals surface area contributed by atoms with Gasteiger partial charge in [0.25, 0.3) is 5.56 Å².